The summed E-state index contributed by atoms with van der Waals surface area (Å²) in [6, 6.07) is 0. The van der Waals surface area contributed by atoms with E-state index in [0.717, 1.165) is 0 Å². The first-order valence-corrected chi connectivity index (χ1v) is 3.15. The number of nitrogens with two attached hydrogens (primary N) is 2. The SMILES string of the molecule is Nc1nc(N)nc(CNC=O)n1. The number of amides is 1. The fourth-order valence-electron chi connectivity index (χ4n) is 0.669. The number of carbonyl (C=O) groups is 1. The summed E-state index contributed by atoms with van der Waals surface area (Å²) < 4.78 is 0. The molecular weight excluding hydrogens is 160 g/mol. The molecule has 7 heteroatoms. The zero-order chi connectivity index (χ0) is 8.97. The highest BCUT2D eigenvalue weighted by atomic mass is 16.1. The Morgan fingerprint density at radius 1 is 1.25 bits per heavy atom. The minimum Gasteiger partial charge on any atom is -0.368 e. The van der Waals surface area contributed by atoms with E-state index in [0.29, 0.717) is 12.2 Å². The van der Waals surface area contributed by atoms with Crippen LogP contribution in [0.1, 0.15) is 5.82 Å². The van der Waals surface area contributed by atoms with Crippen LogP contribution in [0.25, 0.3) is 0 Å². The molecule has 7 nitrogen and oxygen atoms in total. The van der Waals surface area contributed by atoms with Crippen LogP contribution in [0.15, 0.2) is 0 Å². The number of hydrogen-bond acceptors (Lipinski definition) is 6. The van der Waals surface area contributed by atoms with Crippen molar-refractivity contribution in [1.82, 2.24) is 20.3 Å². The summed E-state index contributed by atoms with van der Waals surface area (Å²) in [5, 5.41) is 2.37. The molecule has 0 saturated carbocycles. The number of nitrogen functional groups attached to an aromatic ring is 2. The van der Waals surface area contributed by atoms with Crippen LogP contribution in [0.2, 0.25) is 0 Å². The summed E-state index contributed by atoms with van der Waals surface area (Å²) in [5.41, 5.74) is 10.5. The molecule has 0 spiro atoms. The van der Waals surface area contributed by atoms with Crippen LogP contribution < -0.4 is 16.8 Å². The van der Waals surface area contributed by atoms with Crippen LogP contribution in [0, 0.1) is 0 Å². The standard InChI is InChI=1S/C5H8N6O/c6-4-9-3(1-8-2-12)10-5(7)11-4/h2H,1H2,(H,8,12)(H4,6,7,9,10,11). The number of hydrogen-bond donors (Lipinski definition) is 3. The average molecular weight is 168 g/mol. The minimum atomic E-state index is 0.0465. The molecule has 12 heavy (non-hydrogen) atoms. The zero-order valence-corrected chi connectivity index (χ0v) is 6.19. The van der Waals surface area contributed by atoms with Crippen molar-refractivity contribution in [2.45, 2.75) is 6.54 Å². The number of carbonyl (C=O) groups excluding carboxylic acids is 1. The molecule has 0 aliphatic carbocycles. The molecule has 1 rings (SSSR count). The molecule has 0 bridgehead atoms. The number of anilines is 2. The van der Waals surface area contributed by atoms with Gasteiger partial charge in [0.25, 0.3) is 0 Å². The molecule has 0 atom stereocenters. The van der Waals surface area contributed by atoms with E-state index in [1.54, 1.807) is 0 Å². The maximum Gasteiger partial charge on any atom is 0.225 e. The molecule has 0 radical (unpaired) electrons. The Balaban J connectivity index is 2.78. The predicted molar refractivity (Wildman–Crippen MR) is 41.6 cm³/mol. The highest BCUT2D eigenvalue weighted by molar-refractivity contribution is 5.45. The zero-order valence-electron chi connectivity index (χ0n) is 6.19. The van der Waals surface area contributed by atoms with Crippen molar-refractivity contribution in [2.75, 3.05) is 11.5 Å². The van der Waals surface area contributed by atoms with Gasteiger partial charge < -0.3 is 16.8 Å². The molecule has 0 fully saturated rings. The van der Waals surface area contributed by atoms with E-state index < -0.39 is 0 Å². The van der Waals surface area contributed by atoms with Gasteiger partial charge in [0, 0.05) is 0 Å². The van der Waals surface area contributed by atoms with Crippen molar-refractivity contribution in [3.8, 4) is 0 Å². The van der Waals surface area contributed by atoms with E-state index >= 15 is 0 Å². The second-order valence-corrected chi connectivity index (χ2v) is 1.97. The maximum absolute atomic E-state index is 9.90. The van der Waals surface area contributed by atoms with E-state index in [9.17, 15) is 4.79 Å². The summed E-state index contributed by atoms with van der Waals surface area (Å²) in [4.78, 5) is 20.9. The Bertz CT molecular complexity index is 267. The lowest BCUT2D eigenvalue weighted by Crippen LogP contribution is -2.15. The largest absolute Gasteiger partial charge is 0.368 e. The van der Waals surface area contributed by atoms with Gasteiger partial charge in [-0.15, -0.1) is 0 Å². The van der Waals surface area contributed by atoms with Gasteiger partial charge >= 0.3 is 0 Å². The minimum absolute atomic E-state index is 0.0465. The molecule has 1 heterocycles. The summed E-state index contributed by atoms with van der Waals surface area (Å²) in [6.45, 7) is 0.195. The third kappa shape index (κ3) is 2.04. The Morgan fingerprint density at radius 2 is 1.83 bits per heavy atom. The maximum atomic E-state index is 9.90. The van der Waals surface area contributed by atoms with E-state index in [2.05, 4.69) is 20.3 Å². The highest BCUT2D eigenvalue weighted by Crippen LogP contribution is 1.97. The molecule has 64 valence electrons. The van der Waals surface area contributed by atoms with Crippen LogP contribution in [0.4, 0.5) is 11.9 Å². The predicted octanol–water partition coefficient (Wildman–Crippen LogP) is -1.72. The third-order valence-electron chi connectivity index (χ3n) is 1.06. The van der Waals surface area contributed by atoms with Gasteiger partial charge in [-0.2, -0.15) is 15.0 Å². The van der Waals surface area contributed by atoms with Gasteiger partial charge in [0.05, 0.1) is 6.54 Å². The van der Waals surface area contributed by atoms with Crippen molar-refractivity contribution in [1.29, 1.82) is 0 Å². The van der Waals surface area contributed by atoms with Gasteiger partial charge in [-0.25, -0.2) is 0 Å². The molecule has 0 aromatic carbocycles. The third-order valence-corrected chi connectivity index (χ3v) is 1.06. The van der Waals surface area contributed by atoms with Crippen LogP contribution in [-0.4, -0.2) is 21.4 Å². The lowest BCUT2D eigenvalue weighted by atomic mass is 10.6. The second-order valence-electron chi connectivity index (χ2n) is 1.97. The average Bonchev–Trinajstić information content (AvgIpc) is 1.99. The molecule has 1 aromatic rings. The Labute approximate surface area is 68.2 Å². The fraction of sp³-hybridized carbons (Fsp3) is 0.200. The lowest BCUT2D eigenvalue weighted by molar-refractivity contribution is -0.109. The van der Waals surface area contributed by atoms with Crippen molar-refractivity contribution in [3.05, 3.63) is 5.82 Å². The van der Waals surface area contributed by atoms with Crippen molar-refractivity contribution >= 4 is 18.3 Å². The molecule has 0 aliphatic heterocycles. The van der Waals surface area contributed by atoms with Gasteiger partial charge in [0.1, 0.15) is 0 Å². The Hall–Kier alpha value is -1.92. The Kier molecular flexibility index (Phi) is 2.36. The van der Waals surface area contributed by atoms with Crippen LogP contribution in [0.3, 0.4) is 0 Å². The van der Waals surface area contributed by atoms with Gasteiger partial charge in [0.2, 0.25) is 18.3 Å². The number of nitrogens with one attached hydrogen (secondary N) is 1. The number of nitrogens with zero attached hydrogens (tertiary/aromatic N) is 3. The topological polar surface area (TPSA) is 120 Å². The highest BCUT2D eigenvalue weighted by Gasteiger charge is 1.99. The molecule has 1 aromatic heterocycles. The van der Waals surface area contributed by atoms with Gasteiger partial charge in [-0.3, -0.25) is 4.79 Å². The molecule has 1 amide bonds. The first-order chi connectivity index (χ1) is 5.72. The van der Waals surface area contributed by atoms with E-state index in [-0.39, 0.29) is 18.4 Å². The van der Waals surface area contributed by atoms with Crippen molar-refractivity contribution < 1.29 is 4.79 Å². The smallest absolute Gasteiger partial charge is 0.225 e. The molecule has 0 saturated heterocycles. The molecule has 5 N–H and O–H groups in total. The molecule has 0 aliphatic rings. The van der Waals surface area contributed by atoms with E-state index in [1.165, 1.54) is 0 Å². The normalized spacial score (nSPS) is 9.33. The number of rotatable bonds is 3. The van der Waals surface area contributed by atoms with E-state index in [1.807, 2.05) is 0 Å². The monoisotopic (exact) mass is 168 g/mol. The van der Waals surface area contributed by atoms with Gasteiger partial charge in [-0.05, 0) is 0 Å². The van der Waals surface area contributed by atoms with Crippen LogP contribution in [-0.2, 0) is 11.3 Å². The van der Waals surface area contributed by atoms with Crippen molar-refractivity contribution in [3.63, 3.8) is 0 Å². The van der Waals surface area contributed by atoms with Gasteiger partial charge in [0.15, 0.2) is 5.82 Å². The second kappa shape index (κ2) is 3.46. The summed E-state index contributed by atoms with van der Waals surface area (Å²) in [6.07, 6.45) is 0.538. The van der Waals surface area contributed by atoms with Gasteiger partial charge in [-0.1, -0.05) is 0 Å². The van der Waals surface area contributed by atoms with Crippen LogP contribution >= 0.6 is 0 Å². The quantitative estimate of drug-likeness (QED) is 0.462. The Morgan fingerprint density at radius 3 is 2.33 bits per heavy atom. The lowest BCUT2D eigenvalue weighted by Gasteiger charge is -1.99. The molecular formula is C5H8N6O. The summed E-state index contributed by atoms with van der Waals surface area (Å²) in [5.74, 6) is 0.433. The first kappa shape index (κ1) is 8.18. The van der Waals surface area contributed by atoms with Crippen molar-refractivity contribution in [2.24, 2.45) is 0 Å². The first-order valence-electron chi connectivity index (χ1n) is 3.15. The van der Waals surface area contributed by atoms with E-state index in [4.69, 9.17) is 11.5 Å². The van der Waals surface area contributed by atoms with Crippen LogP contribution in [0.5, 0.6) is 0 Å². The number of aromatic nitrogens is 3. The summed E-state index contributed by atoms with van der Waals surface area (Å²) in [7, 11) is 0. The molecule has 0 unspecified atom stereocenters. The summed E-state index contributed by atoms with van der Waals surface area (Å²) >= 11 is 0. The fourth-order valence-corrected chi connectivity index (χ4v) is 0.669.